The van der Waals surface area contributed by atoms with Gasteiger partial charge in [0.1, 0.15) is 11.5 Å². The molecule has 0 aliphatic rings. The monoisotopic (exact) mass is 346 g/mol. The van der Waals surface area contributed by atoms with Gasteiger partial charge in [0.05, 0.1) is 32.6 Å². The quantitative estimate of drug-likeness (QED) is 0.581. The normalized spacial score (nSPS) is 11.5. The third-order valence-corrected chi connectivity index (χ3v) is 3.53. The minimum absolute atomic E-state index is 0.186. The minimum atomic E-state index is -0.862. The van der Waals surface area contributed by atoms with Gasteiger partial charge in [0.15, 0.2) is 0 Å². The molecule has 7 nitrogen and oxygen atoms in total. The lowest BCUT2D eigenvalue weighted by Crippen LogP contribution is -2.23. The predicted octanol–water partition coefficient (Wildman–Crippen LogP) is 1.72. The summed E-state index contributed by atoms with van der Waals surface area (Å²) in [7, 11) is 3.07. The molecule has 0 bridgehead atoms. The van der Waals surface area contributed by atoms with Gasteiger partial charge in [-0.1, -0.05) is 6.07 Å². The molecule has 25 heavy (non-hydrogen) atoms. The molecule has 1 amide bonds. The first kappa shape index (κ1) is 18.6. The van der Waals surface area contributed by atoms with Gasteiger partial charge >= 0.3 is 0 Å². The van der Waals surface area contributed by atoms with Gasteiger partial charge in [-0.2, -0.15) is 0 Å². The second-order valence-corrected chi connectivity index (χ2v) is 5.32. The third-order valence-electron chi connectivity index (χ3n) is 3.53. The Bertz CT molecular complexity index is 720. The van der Waals surface area contributed by atoms with Gasteiger partial charge in [0.25, 0.3) is 5.91 Å². The highest BCUT2D eigenvalue weighted by Gasteiger charge is 2.12. The van der Waals surface area contributed by atoms with Crippen molar-refractivity contribution < 1.29 is 24.5 Å². The first-order chi connectivity index (χ1) is 12.1. The van der Waals surface area contributed by atoms with Crippen LogP contribution >= 0.6 is 0 Å². The standard InChI is InChI=1S/C18H22N2O5/c1-24-15-6-7-17(25-2)16(9-15)20-18(23)12-4-3-5-13(8-12)19-10-14(22)11-21/h3-9,14,19,21-22H,10-11H2,1-2H3,(H,20,23). The summed E-state index contributed by atoms with van der Waals surface area (Å²) in [5.41, 5.74) is 1.60. The Balaban J connectivity index is 2.13. The summed E-state index contributed by atoms with van der Waals surface area (Å²) < 4.78 is 10.4. The van der Waals surface area contributed by atoms with Gasteiger partial charge in [0.2, 0.25) is 0 Å². The second-order valence-electron chi connectivity index (χ2n) is 5.32. The molecule has 2 aromatic rings. The van der Waals surface area contributed by atoms with Gasteiger partial charge in [0, 0.05) is 23.9 Å². The molecule has 0 aliphatic carbocycles. The largest absolute Gasteiger partial charge is 0.497 e. The number of carbonyl (C=O) groups is 1. The number of methoxy groups -OCH3 is 2. The lowest BCUT2D eigenvalue weighted by Gasteiger charge is -2.13. The van der Waals surface area contributed by atoms with Crippen LogP contribution in [0.1, 0.15) is 10.4 Å². The van der Waals surface area contributed by atoms with Crippen LogP contribution in [0, 0.1) is 0 Å². The first-order valence-corrected chi connectivity index (χ1v) is 7.73. The Kier molecular flexibility index (Phi) is 6.62. The number of anilines is 2. The van der Waals surface area contributed by atoms with Crippen LogP contribution in [0.25, 0.3) is 0 Å². The molecule has 134 valence electrons. The number of aliphatic hydroxyl groups excluding tert-OH is 2. The van der Waals surface area contributed by atoms with Crippen molar-refractivity contribution in [2.75, 3.05) is 38.0 Å². The molecular formula is C18H22N2O5. The van der Waals surface area contributed by atoms with E-state index in [-0.39, 0.29) is 19.1 Å². The van der Waals surface area contributed by atoms with Crippen LogP contribution in [-0.2, 0) is 0 Å². The third kappa shape index (κ3) is 5.10. The van der Waals surface area contributed by atoms with Crippen LogP contribution in [0.3, 0.4) is 0 Å². The number of hydrogen-bond donors (Lipinski definition) is 4. The van der Waals surface area contributed by atoms with Crippen LogP contribution in [0.5, 0.6) is 11.5 Å². The summed E-state index contributed by atoms with van der Waals surface area (Å²) in [6, 6.07) is 12.0. The number of ether oxygens (including phenoxy) is 2. The zero-order valence-electron chi connectivity index (χ0n) is 14.2. The van der Waals surface area contributed by atoms with E-state index >= 15 is 0 Å². The number of benzene rings is 2. The van der Waals surface area contributed by atoms with E-state index in [2.05, 4.69) is 10.6 Å². The fourth-order valence-electron chi connectivity index (χ4n) is 2.18. The Hall–Kier alpha value is -2.77. The highest BCUT2D eigenvalue weighted by atomic mass is 16.5. The van der Waals surface area contributed by atoms with Crippen LogP contribution in [0.15, 0.2) is 42.5 Å². The van der Waals surface area contributed by atoms with Crippen LogP contribution in [0.2, 0.25) is 0 Å². The van der Waals surface area contributed by atoms with E-state index in [0.29, 0.717) is 28.4 Å². The van der Waals surface area contributed by atoms with Crippen molar-refractivity contribution in [1.29, 1.82) is 0 Å². The van der Waals surface area contributed by atoms with Gasteiger partial charge < -0.3 is 30.3 Å². The Labute approximate surface area is 146 Å². The van der Waals surface area contributed by atoms with Crippen molar-refractivity contribution in [1.82, 2.24) is 0 Å². The highest BCUT2D eigenvalue weighted by molar-refractivity contribution is 6.05. The average molecular weight is 346 g/mol. The maximum Gasteiger partial charge on any atom is 0.255 e. The summed E-state index contributed by atoms with van der Waals surface area (Å²) in [5.74, 6) is 0.817. The molecule has 0 saturated heterocycles. The maximum atomic E-state index is 12.5. The van der Waals surface area contributed by atoms with Crippen molar-refractivity contribution >= 4 is 17.3 Å². The summed E-state index contributed by atoms with van der Waals surface area (Å²) in [6.07, 6.45) is -0.862. The number of rotatable bonds is 8. The van der Waals surface area contributed by atoms with E-state index in [1.807, 2.05) is 0 Å². The highest BCUT2D eigenvalue weighted by Crippen LogP contribution is 2.29. The van der Waals surface area contributed by atoms with Crippen LogP contribution in [0.4, 0.5) is 11.4 Å². The second kappa shape index (κ2) is 8.91. The molecule has 0 fully saturated rings. The summed E-state index contributed by atoms with van der Waals surface area (Å²) in [6.45, 7) is -0.145. The SMILES string of the molecule is COc1ccc(OC)c(NC(=O)c2cccc(NCC(O)CO)c2)c1. The predicted molar refractivity (Wildman–Crippen MR) is 95.5 cm³/mol. The molecule has 2 rings (SSSR count). The summed E-state index contributed by atoms with van der Waals surface area (Å²) in [5, 5.41) is 24.0. The van der Waals surface area contributed by atoms with E-state index in [0.717, 1.165) is 0 Å². The lowest BCUT2D eigenvalue weighted by atomic mass is 10.1. The maximum absolute atomic E-state index is 12.5. The number of carbonyl (C=O) groups excluding carboxylic acids is 1. The molecule has 0 radical (unpaired) electrons. The molecule has 1 unspecified atom stereocenters. The smallest absolute Gasteiger partial charge is 0.255 e. The van der Waals surface area contributed by atoms with Crippen molar-refractivity contribution in [2.24, 2.45) is 0 Å². The number of nitrogens with one attached hydrogen (secondary N) is 2. The molecule has 0 saturated carbocycles. The average Bonchev–Trinajstić information content (AvgIpc) is 2.66. The Morgan fingerprint density at radius 1 is 1.16 bits per heavy atom. The zero-order valence-corrected chi connectivity index (χ0v) is 14.2. The first-order valence-electron chi connectivity index (χ1n) is 7.73. The van der Waals surface area contributed by atoms with Crippen molar-refractivity contribution in [3.63, 3.8) is 0 Å². The van der Waals surface area contributed by atoms with E-state index in [4.69, 9.17) is 14.6 Å². The number of aliphatic hydroxyl groups is 2. The van der Waals surface area contributed by atoms with E-state index in [9.17, 15) is 9.90 Å². The fourth-order valence-corrected chi connectivity index (χ4v) is 2.18. The number of amides is 1. The molecule has 0 heterocycles. The van der Waals surface area contributed by atoms with E-state index < -0.39 is 6.10 Å². The lowest BCUT2D eigenvalue weighted by molar-refractivity contribution is 0.102. The molecule has 7 heteroatoms. The number of hydrogen-bond acceptors (Lipinski definition) is 6. The van der Waals surface area contributed by atoms with E-state index in [1.54, 1.807) is 49.6 Å². The van der Waals surface area contributed by atoms with Gasteiger partial charge in [-0.25, -0.2) is 0 Å². The molecule has 2 aromatic carbocycles. The summed E-state index contributed by atoms with van der Waals surface area (Å²) >= 11 is 0. The molecule has 4 N–H and O–H groups in total. The van der Waals surface area contributed by atoms with Gasteiger partial charge in [-0.3, -0.25) is 4.79 Å². The van der Waals surface area contributed by atoms with Gasteiger partial charge in [-0.15, -0.1) is 0 Å². The van der Waals surface area contributed by atoms with Crippen LogP contribution < -0.4 is 20.1 Å². The van der Waals surface area contributed by atoms with Crippen molar-refractivity contribution in [2.45, 2.75) is 6.10 Å². The zero-order chi connectivity index (χ0) is 18.2. The summed E-state index contributed by atoms with van der Waals surface area (Å²) in [4.78, 5) is 12.5. The fraction of sp³-hybridized carbons (Fsp3) is 0.278. The van der Waals surface area contributed by atoms with Crippen molar-refractivity contribution in [3.8, 4) is 11.5 Å². The molecule has 1 atom stereocenters. The van der Waals surface area contributed by atoms with E-state index in [1.165, 1.54) is 7.11 Å². The molecule has 0 aromatic heterocycles. The topological polar surface area (TPSA) is 100 Å². The Morgan fingerprint density at radius 3 is 2.64 bits per heavy atom. The molecular weight excluding hydrogens is 324 g/mol. The van der Waals surface area contributed by atoms with Gasteiger partial charge in [-0.05, 0) is 30.3 Å². The van der Waals surface area contributed by atoms with Crippen LogP contribution in [-0.4, -0.2) is 49.6 Å². The molecule has 0 spiro atoms. The minimum Gasteiger partial charge on any atom is -0.497 e. The molecule has 0 aliphatic heterocycles. The Morgan fingerprint density at radius 2 is 1.96 bits per heavy atom. The van der Waals surface area contributed by atoms with Crippen molar-refractivity contribution in [3.05, 3.63) is 48.0 Å².